The van der Waals surface area contributed by atoms with Gasteiger partial charge in [-0.25, -0.2) is 0 Å². The second-order valence-corrected chi connectivity index (χ2v) is 5.10. The number of halogens is 1. The molecule has 0 aromatic heterocycles. The van der Waals surface area contributed by atoms with Crippen molar-refractivity contribution >= 4 is 34.7 Å². The van der Waals surface area contributed by atoms with Crippen LogP contribution in [0, 0.1) is 10.1 Å². The molecule has 0 heterocycles. The lowest BCUT2D eigenvalue weighted by Gasteiger charge is -2.03. The van der Waals surface area contributed by atoms with Crippen molar-refractivity contribution in [2.24, 2.45) is 0 Å². The Kier molecular flexibility index (Phi) is 3.74. The van der Waals surface area contributed by atoms with Gasteiger partial charge in [-0.2, -0.15) is 0 Å². The number of nitrogen functional groups attached to an aromatic ring is 1. The Morgan fingerprint density at radius 3 is 2.28 bits per heavy atom. The van der Waals surface area contributed by atoms with Gasteiger partial charge in [0, 0.05) is 21.5 Å². The molecule has 0 fully saturated rings. The number of benzene rings is 2. The molecule has 2 N–H and O–H groups in total. The molecule has 0 atom stereocenters. The van der Waals surface area contributed by atoms with E-state index in [0.29, 0.717) is 5.69 Å². The Balaban J connectivity index is 2.22. The van der Waals surface area contributed by atoms with Gasteiger partial charge in [-0.3, -0.25) is 10.1 Å². The van der Waals surface area contributed by atoms with Crippen LogP contribution in [0.4, 0.5) is 11.4 Å². The molecule has 0 unspecified atom stereocenters. The van der Waals surface area contributed by atoms with Gasteiger partial charge in [0.2, 0.25) is 0 Å². The van der Waals surface area contributed by atoms with Crippen LogP contribution in [0.3, 0.4) is 0 Å². The fraction of sp³-hybridized carbons (Fsp3) is 0. The van der Waals surface area contributed by atoms with Crippen molar-refractivity contribution in [3.8, 4) is 0 Å². The van der Waals surface area contributed by atoms with E-state index in [1.807, 2.05) is 12.1 Å². The third-order valence-corrected chi connectivity index (χ3v) is 3.53. The van der Waals surface area contributed by atoms with Gasteiger partial charge in [-0.15, -0.1) is 0 Å². The molecule has 0 aliphatic heterocycles. The summed E-state index contributed by atoms with van der Waals surface area (Å²) >= 11 is 7.31. The third kappa shape index (κ3) is 2.94. The number of nitrogens with two attached hydrogens (primary N) is 1. The summed E-state index contributed by atoms with van der Waals surface area (Å²) in [6, 6.07) is 12.0. The first-order chi connectivity index (χ1) is 8.56. The molecular weight excluding hydrogens is 272 g/mol. The van der Waals surface area contributed by atoms with Crippen molar-refractivity contribution in [1.82, 2.24) is 0 Å². The quantitative estimate of drug-likeness (QED) is 0.524. The molecule has 0 amide bonds. The minimum Gasteiger partial charge on any atom is -0.399 e. The molecule has 2 aromatic rings. The Labute approximate surface area is 113 Å². The van der Waals surface area contributed by atoms with Crippen molar-refractivity contribution in [3.05, 3.63) is 57.6 Å². The molecule has 0 saturated heterocycles. The van der Waals surface area contributed by atoms with E-state index in [4.69, 9.17) is 17.3 Å². The SMILES string of the molecule is Nc1ccc(Sc2ccc([N+](=O)[O-])c(Cl)c2)cc1. The molecule has 2 rings (SSSR count). The first-order valence-corrected chi connectivity index (χ1v) is 6.23. The number of hydrogen-bond acceptors (Lipinski definition) is 4. The Hall–Kier alpha value is -1.72. The average molecular weight is 281 g/mol. The average Bonchev–Trinajstić information content (AvgIpc) is 2.32. The van der Waals surface area contributed by atoms with Gasteiger partial charge >= 0.3 is 0 Å². The third-order valence-electron chi connectivity index (χ3n) is 2.23. The largest absolute Gasteiger partial charge is 0.399 e. The fourth-order valence-corrected chi connectivity index (χ4v) is 2.54. The summed E-state index contributed by atoms with van der Waals surface area (Å²) < 4.78 is 0. The van der Waals surface area contributed by atoms with E-state index in [1.165, 1.54) is 17.8 Å². The van der Waals surface area contributed by atoms with Crippen molar-refractivity contribution in [1.29, 1.82) is 0 Å². The number of hydrogen-bond donors (Lipinski definition) is 1. The van der Waals surface area contributed by atoms with E-state index in [9.17, 15) is 10.1 Å². The van der Waals surface area contributed by atoms with Crippen LogP contribution >= 0.6 is 23.4 Å². The molecule has 0 aliphatic carbocycles. The first-order valence-electron chi connectivity index (χ1n) is 5.03. The highest BCUT2D eigenvalue weighted by Gasteiger charge is 2.12. The monoisotopic (exact) mass is 280 g/mol. The van der Waals surface area contributed by atoms with Crippen molar-refractivity contribution in [3.63, 3.8) is 0 Å². The van der Waals surface area contributed by atoms with Crippen LogP contribution in [0.5, 0.6) is 0 Å². The summed E-state index contributed by atoms with van der Waals surface area (Å²) in [4.78, 5) is 12.0. The molecule has 2 aromatic carbocycles. The molecule has 6 heteroatoms. The number of nitro benzene ring substituents is 1. The minimum absolute atomic E-state index is 0.0849. The van der Waals surface area contributed by atoms with Crippen molar-refractivity contribution < 1.29 is 4.92 Å². The number of nitrogens with zero attached hydrogens (tertiary/aromatic N) is 1. The van der Waals surface area contributed by atoms with Crippen LogP contribution in [0.15, 0.2) is 52.3 Å². The number of nitro groups is 1. The second kappa shape index (κ2) is 5.29. The molecule has 0 saturated carbocycles. The van der Waals surface area contributed by atoms with E-state index in [1.54, 1.807) is 24.3 Å². The Morgan fingerprint density at radius 2 is 1.72 bits per heavy atom. The summed E-state index contributed by atoms with van der Waals surface area (Å²) in [6.45, 7) is 0. The van der Waals surface area contributed by atoms with Crippen LogP contribution in [0.2, 0.25) is 5.02 Å². The van der Waals surface area contributed by atoms with Gasteiger partial charge in [-0.1, -0.05) is 23.4 Å². The van der Waals surface area contributed by atoms with Crippen LogP contribution in [-0.2, 0) is 0 Å². The van der Waals surface area contributed by atoms with Crippen molar-refractivity contribution in [2.75, 3.05) is 5.73 Å². The summed E-state index contributed by atoms with van der Waals surface area (Å²) in [7, 11) is 0. The standard InChI is InChI=1S/C12H9ClN2O2S/c13-11-7-10(5-6-12(11)15(16)17)18-9-3-1-8(14)2-4-9/h1-7H,14H2. The summed E-state index contributed by atoms with van der Waals surface area (Å²) in [5, 5.41) is 10.8. The zero-order valence-corrected chi connectivity index (χ0v) is 10.7. The Bertz CT molecular complexity index is 587. The van der Waals surface area contributed by atoms with Crippen LogP contribution in [0.1, 0.15) is 0 Å². The normalized spacial score (nSPS) is 10.3. The van der Waals surface area contributed by atoms with Gasteiger partial charge in [0.1, 0.15) is 5.02 Å². The zero-order valence-electron chi connectivity index (χ0n) is 9.17. The Morgan fingerprint density at radius 1 is 1.11 bits per heavy atom. The smallest absolute Gasteiger partial charge is 0.287 e. The van der Waals surface area contributed by atoms with Crippen molar-refractivity contribution in [2.45, 2.75) is 9.79 Å². The molecule has 0 aliphatic rings. The minimum atomic E-state index is -0.500. The molecule has 18 heavy (non-hydrogen) atoms. The highest BCUT2D eigenvalue weighted by molar-refractivity contribution is 7.99. The van der Waals surface area contributed by atoms with E-state index in [0.717, 1.165) is 9.79 Å². The molecule has 0 radical (unpaired) electrons. The number of anilines is 1. The maximum atomic E-state index is 10.6. The van der Waals surface area contributed by atoms with Gasteiger partial charge < -0.3 is 5.73 Å². The highest BCUT2D eigenvalue weighted by atomic mass is 35.5. The van der Waals surface area contributed by atoms with Crippen LogP contribution in [-0.4, -0.2) is 4.92 Å². The summed E-state index contributed by atoms with van der Waals surface area (Å²) in [6.07, 6.45) is 0. The van der Waals surface area contributed by atoms with Gasteiger partial charge in [-0.05, 0) is 36.4 Å². The van der Waals surface area contributed by atoms with Gasteiger partial charge in [0.25, 0.3) is 5.69 Å². The lowest BCUT2D eigenvalue weighted by Crippen LogP contribution is -1.88. The second-order valence-electron chi connectivity index (χ2n) is 3.54. The molecule has 4 nitrogen and oxygen atoms in total. The van der Waals surface area contributed by atoms with Gasteiger partial charge in [0.05, 0.1) is 4.92 Å². The lowest BCUT2D eigenvalue weighted by molar-refractivity contribution is -0.384. The van der Waals surface area contributed by atoms with Crippen LogP contribution in [0.25, 0.3) is 0 Å². The molecule has 92 valence electrons. The molecule has 0 spiro atoms. The topological polar surface area (TPSA) is 69.2 Å². The predicted molar refractivity (Wildman–Crippen MR) is 73.1 cm³/mol. The van der Waals surface area contributed by atoms with Crippen LogP contribution < -0.4 is 5.73 Å². The summed E-state index contributed by atoms with van der Waals surface area (Å²) in [5.41, 5.74) is 6.20. The maximum absolute atomic E-state index is 10.6. The lowest BCUT2D eigenvalue weighted by atomic mass is 10.3. The van der Waals surface area contributed by atoms with E-state index >= 15 is 0 Å². The fourth-order valence-electron chi connectivity index (χ4n) is 1.37. The maximum Gasteiger partial charge on any atom is 0.287 e. The predicted octanol–water partition coefficient (Wildman–Crippen LogP) is 3.98. The molecule has 0 bridgehead atoms. The summed E-state index contributed by atoms with van der Waals surface area (Å²) in [5.74, 6) is 0. The highest BCUT2D eigenvalue weighted by Crippen LogP contribution is 2.33. The molecular formula is C12H9ClN2O2S. The first kappa shape index (κ1) is 12.7. The number of rotatable bonds is 3. The zero-order chi connectivity index (χ0) is 13.1. The van der Waals surface area contributed by atoms with E-state index in [-0.39, 0.29) is 10.7 Å². The van der Waals surface area contributed by atoms with E-state index in [2.05, 4.69) is 0 Å². The van der Waals surface area contributed by atoms with Gasteiger partial charge in [0.15, 0.2) is 0 Å². The van der Waals surface area contributed by atoms with E-state index < -0.39 is 4.92 Å².